The molecule has 0 saturated carbocycles. The van der Waals surface area contributed by atoms with Crippen molar-refractivity contribution in [1.29, 1.82) is 0 Å². The minimum Gasteiger partial charge on any atom is -0.366 e. The Morgan fingerprint density at radius 3 is 1.50 bits per heavy atom. The van der Waals surface area contributed by atoms with Crippen LogP contribution >= 0.6 is 8.25 Å². The highest BCUT2D eigenvalue weighted by Crippen LogP contribution is 1.98. The van der Waals surface area contributed by atoms with Crippen molar-refractivity contribution in [2.45, 2.75) is 34.1 Å². The zero-order valence-electron chi connectivity index (χ0n) is 9.28. The zero-order chi connectivity index (χ0) is 12.6. The Morgan fingerprint density at radius 2 is 1.50 bits per heavy atom. The van der Waals surface area contributed by atoms with Crippen LogP contribution in [0.25, 0.3) is 0 Å². The van der Waals surface area contributed by atoms with Crippen LogP contribution in [-0.2, 0) is 9.36 Å². The molecule has 0 heterocycles. The molecule has 0 fully saturated rings. The van der Waals surface area contributed by atoms with Crippen molar-refractivity contribution < 1.29 is 19.1 Å². The topological polar surface area (TPSA) is 101 Å². The third kappa shape index (κ3) is 659. The van der Waals surface area contributed by atoms with Crippen molar-refractivity contribution in [3.05, 3.63) is 12.7 Å². The van der Waals surface area contributed by atoms with Crippen molar-refractivity contribution in [2.75, 3.05) is 0 Å². The van der Waals surface area contributed by atoms with E-state index in [1.54, 1.807) is 0 Å². The number of rotatable bonds is 1. The molecular weight excluding hydrogens is 205 g/mol. The summed E-state index contributed by atoms with van der Waals surface area (Å²) >= 11 is 0. The van der Waals surface area contributed by atoms with Crippen LogP contribution < -0.4 is 5.73 Å². The maximum absolute atomic E-state index is 9.47. The van der Waals surface area contributed by atoms with Gasteiger partial charge in [-0.25, -0.2) is 0 Å². The van der Waals surface area contributed by atoms with E-state index < -0.39 is 14.2 Å². The van der Waals surface area contributed by atoms with E-state index in [0.29, 0.717) is 0 Å². The van der Waals surface area contributed by atoms with Gasteiger partial charge in [-0.15, -0.1) is 0 Å². The van der Waals surface area contributed by atoms with E-state index in [1.807, 2.05) is 13.8 Å². The van der Waals surface area contributed by atoms with E-state index in [-0.39, 0.29) is 0 Å². The summed E-state index contributed by atoms with van der Waals surface area (Å²) in [5, 5.41) is 0. The van der Waals surface area contributed by atoms with Crippen LogP contribution in [0.4, 0.5) is 0 Å². The Bertz CT molecular complexity index is 135. The fourth-order valence-corrected chi connectivity index (χ4v) is 0. The number of primary amides is 1. The predicted octanol–water partition coefficient (Wildman–Crippen LogP) is 1.46. The maximum Gasteiger partial charge on any atom is 0.314 e. The van der Waals surface area contributed by atoms with Crippen LogP contribution in [0.1, 0.15) is 34.1 Å². The third-order valence-electron chi connectivity index (χ3n) is 0.201. The van der Waals surface area contributed by atoms with Gasteiger partial charge in [0.2, 0.25) is 5.91 Å². The van der Waals surface area contributed by atoms with Gasteiger partial charge in [-0.2, -0.15) is 0 Å². The fourth-order valence-electron chi connectivity index (χ4n) is 0. The summed E-state index contributed by atoms with van der Waals surface area (Å²) in [6, 6.07) is 0. The molecule has 88 valence electrons. The Balaban J connectivity index is -0.0000000505. The molecule has 6 heteroatoms. The molecule has 0 saturated heterocycles. The fraction of sp³-hybridized carbons (Fsp3) is 0.625. The van der Waals surface area contributed by atoms with E-state index in [4.69, 9.17) is 14.4 Å². The number of nitrogens with two attached hydrogens (primary N) is 1. The number of amides is 1. The Hall–Kier alpha value is -0.640. The van der Waals surface area contributed by atoms with Gasteiger partial charge in [0.15, 0.2) is 0 Å². The highest BCUT2D eigenvalue weighted by molar-refractivity contribution is 7.30. The van der Waals surface area contributed by atoms with Crippen molar-refractivity contribution in [1.82, 2.24) is 0 Å². The molecule has 1 amide bonds. The second-order valence-corrected chi connectivity index (χ2v) is 2.16. The van der Waals surface area contributed by atoms with Crippen LogP contribution in [0.5, 0.6) is 0 Å². The van der Waals surface area contributed by atoms with Gasteiger partial charge in [0.25, 0.3) is 0 Å². The van der Waals surface area contributed by atoms with Gasteiger partial charge in [-0.1, -0.05) is 40.7 Å². The summed E-state index contributed by atoms with van der Waals surface area (Å²) in [6.45, 7) is 11.3. The van der Waals surface area contributed by atoms with Crippen molar-refractivity contribution in [3.63, 3.8) is 0 Å². The molecule has 0 unspecified atom stereocenters. The Morgan fingerprint density at radius 1 is 1.43 bits per heavy atom. The molecule has 0 aromatic carbocycles. The smallest absolute Gasteiger partial charge is 0.314 e. The van der Waals surface area contributed by atoms with E-state index in [9.17, 15) is 4.79 Å². The molecule has 0 aromatic rings. The van der Waals surface area contributed by atoms with Crippen LogP contribution in [0.2, 0.25) is 0 Å². The van der Waals surface area contributed by atoms with Gasteiger partial charge in [0.1, 0.15) is 0 Å². The highest BCUT2D eigenvalue weighted by Gasteiger charge is 1.69. The molecule has 14 heavy (non-hydrogen) atoms. The van der Waals surface area contributed by atoms with Gasteiger partial charge in [0, 0.05) is 0 Å². The molecule has 5 nitrogen and oxygen atoms in total. The molecule has 0 aliphatic heterocycles. The summed E-state index contributed by atoms with van der Waals surface area (Å²) in [6.07, 6.45) is 2.31. The van der Waals surface area contributed by atoms with Crippen molar-refractivity contribution in [3.8, 4) is 0 Å². The Kier molecular flexibility index (Phi) is 49.0. The number of hydrogen-bond acceptors (Lipinski definition) is 2. The second kappa shape index (κ2) is 29.4. The lowest BCUT2D eigenvalue weighted by Gasteiger charge is -1.65. The van der Waals surface area contributed by atoms with Gasteiger partial charge in [0.05, 0.1) is 0 Å². The van der Waals surface area contributed by atoms with Crippen LogP contribution in [0.15, 0.2) is 12.7 Å². The molecule has 0 radical (unpaired) electrons. The molecule has 4 N–H and O–H groups in total. The first kappa shape index (κ1) is 23.3. The first-order valence-electron chi connectivity index (χ1n) is 4.26. The predicted molar refractivity (Wildman–Crippen MR) is 60.1 cm³/mol. The van der Waals surface area contributed by atoms with Gasteiger partial charge >= 0.3 is 8.25 Å². The summed E-state index contributed by atoms with van der Waals surface area (Å²) in [5.74, 6) is -0.481. The first-order chi connectivity index (χ1) is 6.42. The lowest BCUT2D eigenvalue weighted by Crippen LogP contribution is -2.04. The maximum atomic E-state index is 9.47. The minimum atomic E-state index is -3.13. The molecule has 0 aliphatic rings. The van der Waals surface area contributed by atoms with Crippen molar-refractivity contribution >= 4 is 14.2 Å². The number of hydrogen-bond donors (Lipinski definition) is 3. The van der Waals surface area contributed by atoms with Crippen molar-refractivity contribution in [2.24, 2.45) is 5.73 Å². The van der Waals surface area contributed by atoms with Gasteiger partial charge in [-0.3, -0.25) is 9.36 Å². The van der Waals surface area contributed by atoms with E-state index in [2.05, 4.69) is 26.2 Å². The van der Waals surface area contributed by atoms with Gasteiger partial charge < -0.3 is 15.5 Å². The monoisotopic (exact) mass is 227 g/mol. The largest absolute Gasteiger partial charge is 0.366 e. The molecule has 0 rings (SSSR count). The number of carbonyl (C=O) groups excluding carboxylic acids is 1. The first-order valence-corrected chi connectivity index (χ1v) is 5.56. The van der Waals surface area contributed by atoms with Gasteiger partial charge in [-0.05, 0) is 6.08 Å². The SMILES string of the molecule is C=CC(N)=O.CC.CCC.O=[PH](O)O. The average Bonchev–Trinajstić information content (AvgIpc) is 2.08. The summed E-state index contributed by atoms with van der Waals surface area (Å²) < 4.78 is 8.74. The normalized spacial score (nSPS) is 6.50. The molecule has 0 aromatic heterocycles. The molecular formula is C8H22NO4P. The Labute approximate surface area is 86.6 Å². The lowest BCUT2D eigenvalue weighted by atomic mass is 10.6. The minimum absolute atomic E-state index is 0.481. The highest BCUT2D eigenvalue weighted by atomic mass is 31.1. The molecule has 0 aliphatic carbocycles. The quantitative estimate of drug-likeness (QED) is 0.466. The third-order valence-corrected chi connectivity index (χ3v) is 0.201. The molecule has 0 spiro atoms. The zero-order valence-corrected chi connectivity index (χ0v) is 10.3. The standard InChI is InChI=1S/C3H5NO.C3H8.C2H6.H3O3P/c1-2-3(4)5;1-3-2;1-2;1-4(2)3/h2H,1H2,(H2,4,5);3H2,1-2H3;1-2H3;4H,(H2,1,2,3). The lowest BCUT2D eigenvalue weighted by molar-refractivity contribution is -0.113. The average molecular weight is 227 g/mol. The van der Waals surface area contributed by atoms with E-state index in [1.165, 1.54) is 6.42 Å². The molecule has 0 atom stereocenters. The van der Waals surface area contributed by atoms with Crippen LogP contribution in [-0.4, -0.2) is 15.7 Å². The second-order valence-electron chi connectivity index (χ2n) is 1.60. The van der Waals surface area contributed by atoms with E-state index >= 15 is 0 Å². The summed E-state index contributed by atoms with van der Waals surface area (Å²) in [7, 11) is -3.13. The van der Waals surface area contributed by atoms with Crippen LogP contribution in [0.3, 0.4) is 0 Å². The number of carbonyl (C=O) groups is 1. The van der Waals surface area contributed by atoms with E-state index in [0.717, 1.165) is 6.08 Å². The molecule has 0 bridgehead atoms. The van der Waals surface area contributed by atoms with Crippen LogP contribution in [0, 0.1) is 0 Å². The summed E-state index contributed by atoms with van der Waals surface area (Å²) in [5.41, 5.74) is 4.53. The summed E-state index contributed by atoms with van der Waals surface area (Å²) in [4.78, 5) is 23.8.